The number of hydrogen-bond donors (Lipinski definition) is 0. The summed E-state index contributed by atoms with van der Waals surface area (Å²) in [5, 5.41) is 17.8. The number of carbonyl (C=O) groups is 2. The standard InChI is InChI=1S/C24H18N4O8/c1-34-24(31)15-9-18(28(32)33)23(30)26(12-15)13-22(29)27-17(20-7-4-8-35-20)11-16(25-27)21-10-14-5-2-3-6-19(14)36-21/h2-10,12,17H,11,13H2,1H3. The number of hydrazone groups is 1. The summed E-state index contributed by atoms with van der Waals surface area (Å²) in [6.07, 6.45) is 2.78. The lowest BCUT2D eigenvalue weighted by molar-refractivity contribution is -0.386. The van der Waals surface area contributed by atoms with E-state index in [1.165, 1.54) is 6.26 Å². The Hall–Kier alpha value is -5.00. The van der Waals surface area contributed by atoms with Gasteiger partial charge in [-0.3, -0.25) is 24.3 Å². The van der Waals surface area contributed by atoms with Crippen LogP contribution in [0.15, 0.2) is 79.7 Å². The summed E-state index contributed by atoms with van der Waals surface area (Å²) in [5.41, 5.74) is -1.000. The Morgan fingerprint density at radius 1 is 1.22 bits per heavy atom. The van der Waals surface area contributed by atoms with Gasteiger partial charge >= 0.3 is 17.2 Å². The van der Waals surface area contributed by atoms with Crippen molar-refractivity contribution in [2.24, 2.45) is 5.10 Å². The van der Waals surface area contributed by atoms with E-state index in [2.05, 4.69) is 9.84 Å². The highest BCUT2D eigenvalue weighted by atomic mass is 16.6. The average molecular weight is 490 g/mol. The molecule has 12 nitrogen and oxygen atoms in total. The van der Waals surface area contributed by atoms with Gasteiger partial charge in [0, 0.05) is 24.1 Å². The van der Waals surface area contributed by atoms with Gasteiger partial charge in [0.05, 0.1) is 23.9 Å². The molecule has 1 atom stereocenters. The minimum absolute atomic E-state index is 0.243. The second kappa shape index (κ2) is 8.98. The van der Waals surface area contributed by atoms with Crippen LogP contribution in [0.1, 0.15) is 34.3 Å². The molecule has 1 aromatic carbocycles. The third kappa shape index (κ3) is 4.04. The Morgan fingerprint density at radius 3 is 2.72 bits per heavy atom. The summed E-state index contributed by atoms with van der Waals surface area (Å²) < 4.78 is 16.8. The van der Waals surface area contributed by atoms with Gasteiger partial charge in [0.1, 0.15) is 29.6 Å². The number of amides is 1. The molecule has 4 aromatic rings. The maximum atomic E-state index is 13.4. The molecule has 0 saturated heterocycles. The fourth-order valence-electron chi connectivity index (χ4n) is 4.03. The van der Waals surface area contributed by atoms with Crippen molar-refractivity contribution in [3.8, 4) is 0 Å². The Morgan fingerprint density at radius 2 is 2.03 bits per heavy atom. The number of fused-ring (bicyclic) bond motifs is 1. The number of carbonyl (C=O) groups excluding carboxylic acids is 2. The van der Waals surface area contributed by atoms with Crippen LogP contribution < -0.4 is 5.56 Å². The van der Waals surface area contributed by atoms with E-state index >= 15 is 0 Å². The summed E-state index contributed by atoms with van der Waals surface area (Å²) in [6.45, 7) is -0.612. The van der Waals surface area contributed by atoms with Gasteiger partial charge in [-0.2, -0.15) is 5.10 Å². The summed E-state index contributed by atoms with van der Waals surface area (Å²) in [6, 6.07) is 12.8. The minimum Gasteiger partial charge on any atom is -0.467 e. The lowest BCUT2D eigenvalue weighted by Crippen LogP contribution is -2.34. The van der Waals surface area contributed by atoms with Crippen molar-refractivity contribution in [3.63, 3.8) is 0 Å². The quantitative estimate of drug-likeness (QED) is 0.227. The molecule has 4 heterocycles. The zero-order valence-corrected chi connectivity index (χ0v) is 18.8. The highest BCUT2D eigenvalue weighted by molar-refractivity contribution is 6.03. The number of nitrogens with zero attached hydrogens (tertiary/aromatic N) is 4. The van der Waals surface area contributed by atoms with Gasteiger partial charge in [0.25, 0.3) is 5.91 Å². The van der Waals surface area contributed by atoms with Gasteiger partial charge in [-0.1, -0.05) is 18.2 Å². The van der Waals surface area contributed by atoms with Crippen molar-refractivity contribution in [2.75, 3.05) is 7.11 Å². The first-order valence-electron chi connectivity index (χ1n) is 10.7. The molecule has 1 amide bonds. The van der Waals surface area contributed by atoms with Crippen LogP contribution in [0.5, 0.6) is 0 Å². The van der Waals surface area contributed by atoms with Gasteiger partial charge < -0.3 is 13.6 Å². The Balaban J connectivity index is 1.52. The van der Waals surface area contributed by atoms with E-state index in [9.17, 15) is 24.5 Å². The lowest BCUT2D eigenvalue weighted by atomic mass is 10.1. The molecule has 0 aliphatic carbocycles. The van der Waals surface area contributed by atoms with Crippen LogP contribution in [0.25, 0.3) is 11.0 Å². The zero-order chi connectivity index (χ0) is 25.4. The first kappa shape index (κ1) is 22.8. The molecule has 0 saturated carbocycles. The summed E-state index contributed by atoms with van der Waals surface area (Å²) in [4.78, 5) is 48.4. The third-order valence-electron chi connectivity index (χ3n) is 5.74. The first-order chi connectivity index (χ1) is 17.4. The SMILES string of the molecule is COC(=O)c1cc([N+](=O)[O-])c(=O)n(CC(=O)N2N=C(c3cc4ccccc4o3)CC2c2ccco2)c1. The van der Waals surface area contributed by atoms with E-state index in [-0.39, 0.29) is 12.0 Å². The van der Waals surface area contributed by atoms with Gasteiger partial charge in [0.2, 0.25) is 0 Å². The van der Waals surface area contributed by atoms with E-state index in [4.69, 9.17) is 8.83 Å². The first-order valence-corrected chi connectivity index (χ1v) is 10.7. The molecular formula is C24H18N4O8. The van der Waals surface area contributed by atoms with Crippen LogP contribution in [-0.2, 0) is 16.1 Å². The van der Waals surface area contributed by atoms with Crippen molar-refractivity contribution in [3.05, 3.63) is 98.5 Å². The smallest absolute Gasteiger partial charge is 0.339 e. The number of ether oxygens (including phenoxy) is 1. The van der Waals surface area contributed by atoms with Gasteiger partial charge in [-0.05, 0) is 24.3 Å². The zero-order valence-electron chi connectivity index (χ0n) is 18.8. The highest BCUT2D eigenvalue weighted by Crippen LogP contribution is 2.34. The number of methoxy groups -OCH3 is 1. The highest BCUT2D eigenvalue weighted by Gasteiger charge is 2.36. The van der Waals surface area contributed by atoms with E-state index in [1.807, 2.05) is 30.3 Å². The number of benzene rings is 1. The fraction of sp³-hybridized carbons (Fsp3) is 0.167. The number of furan rings is 2. The van der Waals surface area contributed by atoms with Crippen LogP contribution >= 0.6 is 0 Å². The Bertz CT molecular complexity index is 1550. The molecule has 5 rings (SSSR count). The molecule has 182 valence electrons. The molecule has 1 unspecified atom stereocenters. The summed E-state index contributed by atoms with van der Waals surface area (Å²) >= 11 is 0. The lowest BCUT2D eigenvalue weighted by Gasteiger charge is -2.20. The van der Waals surface area contributed by atoms with Gasteiger partial charge in [-0.15, -0.1) is 0 Å². The van der Waals surface area contributed by atoms with Gasteiger partial charge in [-0.25, -0.2) is 9.80 Å². The number of para-hydroxylation sites is 1. The van der Waals surface area contributed by atoms with Crippen LogP contribution in [-0.4, -0.2) is 39.2 Å². The maximum absolute atomic E-state index is 13.4. The van der Waals surface area contributed by atoms with Crippen LogP contribution in [0.2, 0.25) is 0 Å². The van der Waals surface area contributed by atoms with E-state index in [0.717, 1.165) is 34.3 Å². The van der Waals surface area contributed by atoms with Crippen molar-refractivity contribution in [1.82, 2.24) is 9.58 Å². The number of esters is 1. The average Bonchev–Trinajstić information content (AvgIpc) is 3.63. The molecule has 1 aliphatic rings. The number of nitro groups is 1. The Labute approximate surface area is 202 Å². The van der Waals surface area contributed by atoms with Crippen molar-refractivity contribution in [2.45, 2.75) is 19.0 Å². The maximum Gasteiger partial charge on any atom is 0.339 e. The molecule has 36 heavy (non-hydrogen) atoms. The van der Waals surface area contributed by atoms with Crippen molar-refractivity contribution in [1.29, 1.82) is 0 Å². The molecule has 0 spiro atoms. The van der Waals surface area contributed by atoms with Gasteiger partial charge in [0.15, 0.2) is 5.76 Å². The summed E-state index contributed by atoms with van der Waals surface area (Å²) in [5.74, 6) is -0.608. The molecule has 1 aliphatic heterocycles. The number of rotatable bonds is 6. The molecule has 12 heteroatoms. The largest absolute Gasteiger partial charge is 0.467 e. The van der Waals surface area contributed by atoms with Crippen molar-refractivity contribution >= 4 is 34.2 Å². The molecular weight excluding hydrogens is 472 g/mol. The predicted octanol–water partition coefficient (Wildman–Crippen LogP) is 3.26. The molecule has 0 N–H and O–H groups in total. The second-order valence-electron chi connectivity index (χ2n) is 7.96. The normalized spacial score (nSPS) is 15.2. The van der Waals surface area contributed by atoms with Crippen molar-refractivity contribution < 1.29 is 28.1 Å². The van der Waals surface area contributed by atoms with Crippen LogP contribution in [0.3, 0.4) is 0 Å². The molecule has 0 bridgehead atoms. The third-order valence-corrected chi connectivity index (χ3v) is 5.74. The number of hydrogen-bond acceptors (Lipinski definition) is 9. The molecule has 3 aromatic heterocycles. The monoisotopic (exact) mass is 490 g/mol. The predicted molar refractivity (Wildman–Crippen MR) is 124 cm³/mol. The van der Waals surface area contributed by atoms with E-state index in [0.29, 0.717) is 22.8 Å². The molecule has 0 radical (unpaired) electrons. The van der Waals surface area contributed by atoms with Crippen LogP contribution in [0, 0.1) is 10.1 Å². The van der Waals surface area contributed by atoms with E-state index < -0.39 is 40.6 Å². The topological polar surface area (TPSA) is 150 Å². The second-order valence-corrected chi connectivity index (χ2v) is 7.96. The Kier molecular flexibility index (Phi) is 5.68. The van der Waals surface area contributed by atoms with Crippen LogP contribution in [0.4, 0.5) is 5.69 Å². The fourth-order valence-corrected chi connectivity index (χ4v) is 4.03. The minimum atomic E-state index is -1.05. The summed E-state index contributed by atoms with van der Waals surface area (Å²) in [7, 11) is 1.10. The molecule has 0 fully saturated rings. The van der Waals surface area contributed by atoms with E-state index in [1.54, 1.807) is 12.1 Å². The number of aromatic nitrogens is 1. The number of pyridine rings is 1.